The van der Waals surface area contributed by atoms with Crippen LogP contribution in [0, 0.1) is 0 Å². The van der Waals surface area contributed by atoms with E-state index in [0.29, 0.717) is 17.3 Å². The number of nitrogens with zero attached hydrogens (tertiary/aromatic N) is 2. The third kappa shape index (κ3) is 3.69. The second-order valence-corrected chi connectivity index (χ2v) is 4.66. The highest BCUT2D eigenvalue weighted by Crippen LogP contribution is 2.11. The first-order chi connectivity index (χ1) is 9.62. The second kappa shape index (κ2) is 6.69. The lowest BCUT2D eigenvalue weighted by Crippen LogP contribution is -2.35. The molecule has 20 heavy (non-hydrogen) atoms. The molecular formula is C13H16ClN3O3. The Morgan fingerprint density at radius 3 is 2.85 bits per heavy atom. The molecular weight excluding hydrogens is 282 g/mol. The highest BCUT2D eigenvalue weighted by Gasteiger charge is 2.10. The van der Waals surface area contributed by atoms with E-state index < -0.39 is 6.29 Å². The van der Waals surface area contributed by atoms with E-state index in [2.05, 4.69) is 10.3 Å². The number of hydrogen-bond donors (Lipinski definition) is 1. The Hall–Kier alpha value is -1.63. The number of amides is 1. The SMILES string of the molecule is COC(CNC(=O)Cc1cn2cc(Cl)ccc2n1)OC. The summed E-state index contributed by atoms with van der Waals surface area (Å²) in [6.07, 6.45) is 3.28. The van der Waals surface area contributed by atoms with Crippen LogP contribution in [0.1, 0.15) is 5.69 Å². The van der Waals surface area contributed by atoms with E-state index in [1.807, 2.05) is 0 Å². The maximum absolute atomic E-state index is 11.8. The van der Waals surface area contributed by atoms with Crippen molar-refractivity contribution in [3.8, 4) is 0 Å². The first-order valence-corrected chi connectivity index (χ1v) is 6.45. The number of carbonyl (C=O) groups excluding carboxylic acids is 1. The largest absolute Gasteiger partial charge is 0.354 e. The molecule has 2 aromatic rings. The molecule has 0 unspecified atom stereocenters. The van der Waals surface area contributed by atoms with Crippen LogP contribution in [-0.2, 0) is 20.7 Å². The molecule has 0 aromatic carbocycles. The number of rotatable bonds is 6. The lowest BCUT2D eigenvalue weighted by atomic mass is 10.3. The first-order valence-electron chi connectivity index (χ1n) is 6.08. The Labute approximate surface area is 121 Å². The Bertz CT molecular complexity index is 596. The fraction of sp³-hybridized carbons (Fsp3) is 0.385. The van der Waals surface area contributed by atoms with Gasteiger partial charge in [0.2, 0.25) is 5.91 Å². The molecule has 1 N–H and O–H groups in total. The topological polar surface area (TPSA) is 64.9 Å². The van der Waals surface area contributed by atoms with Gasteiger partial charge in [0.1, 0.15) is 5.65 Å². The van der Waals surface area contributed by atoms with Crippen LogP contribution >= 0.6 is 11.6 Å². The van der Waals surface area contributed by atoms with Crippen molar-refractivity contribution in [2.75, 3.05) is 20.8 Å². The van der Waals surface area contributed by atoms with Gasteiger partial charge in [-0.1, -0.05) is 11.6 Å². The average molecular weight is 298 g/mol. The van der Waals surface area contributed by atoms with E-state index in [-0.39, 0.29) is 12.3 Å². The van der Waals surface area contributed by atoms with Crippen molar-refractivity contribution in [3.63, 3.8) is 0 Å². The Kier molecular flexibility index (Phi) is 4.94. The molecule has 0 saturated heterocycles. The minimum Gasteiger partial charge on any atom is -0.354 e. The zero-order valence-electron chi connectivity index (χ0n) is 11.3. The van der Waals surface area contributed by atoms with Gasteiger partial charge in [-0.2, -0.15) is 0 Å². The number of pyridine rings is 1. The van der Waals surface area contributed by atoms with Crippen molar-refractivity contribution < 1.29 is 14.3 Å². The third-order valence-corrected chi connectivity index (χ3v) is 3.02. The molecule has 108 valence electrons. The molecule has 0 radical (unpaired) electrons. The standard InChI is InChI=1S/C13H16ClN3O3/c1-19-13(20-2)6-15-12(18)5-10-8-17-7-9(14)3-4-11(17)16-10/h3-4,7-8,13H,5-6H2,1-2H3,(H,15,18). The molecule has 2 rings (SSSR count). The molecule has 2 heterocycles. The van der Waals surface area contributed by atoms with Crippen LogP contribution in [0.4, 0.5) is 0 Å². The maximum atomic E-state index is 11.8. The predicted molar refractivity (Wildman–Crippen MR) is 74.7 cm³/mol. The van der Waals surface area contributed by atoms with Crippen molar-refractivity contribution in [2.45, 2.75) is 12.7 Å². The average Bonchev–Trinajstić information content (AvgIpc) is 2.81. The summed E-state index contributed by atoms with van der Waals surface area (Å²) >= 11 is 5.89. The molecule has 0 bridgehead atoms. The lowest BCUT2D eigenvalue weighted by Gasteiger charge is -2.13. The van der Waals surface area contributed by atoms with Crippen molar-refractivity contribution in [3.05, 3.63) is 35.2 Å². The van der Waals surface area contributed by atoms with E-state index in [9.17, 15) is 4.79 Å². The van der Waals surface area contributed by atoms with Crippen molar-refractivity contribution in [1.82, 2.24) is 14.7 Å². The quantitative estimate of drug-likeness (QED) is 0.816. The number of ether oxygens (including phenoxy) is 2. The Balaban J connectivity index is 1.95. The van der Waals surface area contributed by atoms with Gasteiger partial charge in [0.25, 0.3) is 0 Å². The molecule has 1 amide bonds. The van der Waals surface area contributed by atoms with Gasteiger partial charge in [-0.05, 0) is 12.1 Å². The Morgan fingerprint density at radius 1 is 1.40 bits per heavy atom. The molecule has 0 aliphatic heterocycles. The summed E-state index contributed by atoms with van der Waals surface area (Å²) in [6, 6.07) is 3.56. The zero-order chi connectivity index (χ0) is 14.5. The fourth-order valence-electron chi connectivity index (χ4n) is 1.79. The summed E-state index contributed by atoms with van der Waals surface area (Å²) in [4.78, 5) is 16.1. The number of hydrogen-bond acceptors (Lipinski definition) is 4. The van der Waals surface area contributed by atoms with Gasteiger partial charge < -0.3 is 19.2 Å². The van der Waals surface area contributed by atoms with E-state index in [1.54, 1.807) is 28.9 Å². The molecule has 2 aromatic heterocycles. The number of fused-ring (bicyclic) bond motifs is 1. The Morgan fingerprint density at radius 2 is 2.15 bits per heavy atom. The second-order valence-electron chi connectivity index (χ2n) is 4.23. The monoisotopic (exact) mass is 297 g/mol. The molecule has 7 heteroatoms. The maximum Gasteiger partial charge on any atom is 0.226 e. The van der Waals surface area contributed by atoms with Gasteiger partial charge in [0.15, 0.2) is 6.29 Å². The summed E-state index contributed by atoms with van der Waals surface area (Å²) in [5.41, 5.74) is 1.43. The minimum atomic E-state index is -0.446. The van der Waals surface area contributed by atoms with Crippen molar-refractivity contribution >= 4 is 23.2 Å². The van der Waals surface area contributed by atoms with Gasteiger partial charge in [-0.3, -0.25) is 4.79 Å². The van der Waals surface area contributed by atoms with Gasteiger partial charge in [-0.25, -0.2) is 4.98 Å². The lowest BCUT2D eigenvalue weighted by molar-refractivity contribution is -0.126. The van der Waals surface area contributed by atoms with Crippen LogP contribution in [0.3, 0.4) is 0 Å². The van der Waals surface area contributed by atoms with Gasteiger partial charge in [-0.15, -0.1) is 0 Å². The number of aromatic nitrogens is 2. The summed E-state index contributed by atoms with van der Waals surface area (Å²) in [5.74, 6) is -0.140. The molecule has 6 nitrogen and oxygen atoms in total. The molecule has 0 atom stereocenters. The van der Waals surface area contributed by atoms with Crippen molar-refractivity contribution in [2.24, 2.45) is 0 Å². The molecule has 0 aliphatic carbocycles. The van der Waals surface area contributed by atoms with E-state index in [4.69, 9.17) is 21.1 Å². The van der Waals surface area contributed by atoms with Crippen LogP contribution in [0.5, 0.6) is 0 Å². The molecule has 0 saturated carbocycles. The predicted octanol–water partition coefficient (Wildman–Crippen LogP) is 1.27. The summed E-state index contributed by atoms with van der Waals surface area (Å²) in [7, 11) is 3.04. The highest BCUT2D eigenvalue weighted by molar-refractivity contribution is 6.30. The zero-order valence-corrected chi connectivity index (χ0v) is 12.1. The first kappa shape index (κ1) is 14.8. The van der Waals surface area contributed by atoms with Gasteiger partial charge >= 0.3 is 0 Å². The number of halogens is 1. The fourth-order valence-corrected chi connectivity index (χ4v) is 1.96. The third-order valence-electron chi connectivity index (χ3n) is 2.80. The summed E-state index contributed by atoms with van der Waals surface area (Å²) in [6.45, 7) is 0.297. The summed E-state index contributed by atoms with van der Waals surface area (Å²) < 4.78 is 11.8. The molecule has 0 aliphatic rings. The number of carbonyl (C=O) groups is 1. The van der Waals surface area contributed by atoms with E-state index in [0.717, 1.165) is 5.65 Å². The molecule has 0 fully saturated rings. The summed E-state index contributed by atoms with van der Waals surface area (Å²) in [5, 5.41) is 3.34. The van der Waals surface area contributed by atoms with Crippen LogP contribution in [0.25, 0.3) is 5.65 Å². The number of nitrogens with one attached hydrogen (secondary N) is 1. The van der Waals surface area contributed by atoms with Gasteiger partial charge in [0.05, 0.1) is 23.7 Å². The highest BCUT2D eigenvalue weighted by atomic mass is 35.5. The number of imidazole rings is 1. The van der Waals surface area contributed by atoms with Gasteiger partial charge in [0, 0.05) is 26.6 Å². The van der Waals surface area contributed by atoms with Crippen molar-refractivity contribution in [1.29, 1.82) is 0 Å². The van der Waals surface area contributed by atoms with Crippen LogP contribution in [-0.4, -0.2) is 42.3 Å². The normalized spacial score (nSPS) is 11.2. The minimum absolute atomic E-state index is 0.140. The number of methoxy groups -OCH3 is 2. The van der Waals surface area contributed by atoms with Crippen LogP contribution in [0.2, 0.25) is 5.02 Å². The van der Waals surface area contributed by atoms with E-state index in [1.165, 1.54) is 14.2 Å². The smallest absolute Gasteiger partial charge is 0.226 e. The molecule has 0 spiro atoms. The van der Waals surface area contributed by atoms with Crippen LogP contribution in [0.15, 0.2) is 24.5 Å². The van der Waals surface area contributed by atoms with Crippen LogP contribution < -0.4 is 5.32 Å². The van der Waals surface area contributed by atoms with E-state index >= 15 is 0 Å².